The number of carbonyl (C=O) groups is 2. The standard InChI is InChI=1S/C20H25N3O3S/c1-15-4-6-17(7-5-15)26-13-19-22-16(14-27-19)12-18(24)21-9-8-20(25)23-10-2-3-11-23/h4-7,14H,2-3,8-13H2,1H3,(H,21,24). The Kier molecular flexibility index (Phi) is 6.81. The first-order valence-corrected chi connectivity index (χ1v) is 10.2. The van der Waals surface area contributed by atoms with Crippen molar-refractivity contribution in [3.8, 4) is 5.75 Å². The zero-order valence-electron chi connectivity index (χ0n) is 15.6. The fourth-order valence-electron chi connectivity index (χ4n) is 2.94. The minimum atomic E-state index is -0.111. The Morgan fingerprint density at radius 3 is 2.70 bits per heavy atom. The maximum atomic E-state index is 12.0. The van der Waals surface area contributed by atoms with Gasteiger partial charge in [0.25, 0.3) is 0 Å². The van der Waals surface area contributed by atoms with E-state index in [9.17, 15) is 9.59 Å². The van der Waals surface area contributed by atoms with Crippen molar-refractivity contribution in [3.05, 3.63) is 45.9 Å². The lowest BCUT2D eigenvalue weighted by Crippen LogP contribution is -2.33. The summed E-state index contributed by atoms with van der Waals surface area (Å²) in [7, 11) is 0. The molecule has 1 aliphatic rings. The van der Waals surface area contributed by atoms with Gasteiger partial charge in [0, 0.05) is 31.4 Å². The van der Waals surface area contributed by atoms with E-state index in [1.54, 1.807) is 0 Å². The van der Waals surface area contributed by atoms with E-state index in [-0.39, 0.29) is 18.2 Å². The van der Waals surface area contributed by atoms with Crippen molar-refractivity contribution < 1.29 is 14.3 Å². The van der Waals surface area contributed by atoms with E-state index >= 15 is 0 Å². The summed E-state index contributed by atoms with van der Waals surface area (Å²) < 4.78 is 5.71. The number of nitrogens with zero attached hydrogens (tertiary/aromatic N) is 2. The third-order valence-corrected chi connectivity index (χ3v) is 5.32. The van der Waals surface area contributed by atoms with Crippen molar-refractivity contribution >= 4 is 23.2 Å². The molecule has 1 aliphatic heterocycles. The molecule has 1 aromatic heterocycles. The third kappa shape index (κ3) is 6.06. The van der Waals surface area contributed by atoms with Crippen molar-refractivity contribution in [1.29, 1.82) is 0 Å². The number of ether oxygens (including phenoxy) is 1. The first-order valence-electron chi connectivity index (χ1n) is 9.27. The van der Waals surface area contributed by atoms with Crippen LogP contribution in [0, 0.1) is 6.92 Å². The second-order valence-corrected chi connectivity index (χ2v) is 7.64. The first kappa shape index (κ1) is 19.4. The molecular formula is C20H25N3O3S. The zero-order valence-corrected chi connectivity index (χ0v) is 16.4. The van der Waals surface area contributed by atoms with Crippen LogP contribution in [-0.2, 0) is 22.6 Å². The topological polar surface area (TPSA) is 71.5 Å². The highest BCUT2D eigenvalue weighted by Crippen LogP contribution is 2.16. The summed E-state index contributed by atoms with van der Waals surface area (Å²) in [5.74, 6) is 0.815. The van der Waals surface area contributed by atoms with Crippen LogP contribution < -0.4 is 10.1 Å². The minimum absolute atomic E-state index is 0.111. The Bertz CT molecular complexity index is 767. The molecule has 2 aromatic rings. The molecule has 1 aromatic carbocycles. The van der Waals surface area contributed by atoms with Crippen LogP contribution >= 0.6 is 11.3 Å². The van der Waals surface area contributed by atoms with E-state index in [0.29, 0.717) is 19.6 Å². The van der Waals surface area contributed by atoms with Crippen LogP contribution in [-0.4, -0.2) is 41.3 Å². The molecule has 0 saturated carbocycles. The molecule has 0 aliphatic carbocycles. The second kappa shape index (κ2) is 9.50. The fourth-order valence-corrected chi connectivity index (χ4v) is 3.64. The summed E-state index contributed by atoms with van der Waals surface area (Å²) in [6.45, 7) is 4.49. The van der Waals surface area contributed by atoms with Gasteiger partial charge in [-0.3, -0.25) is 9.59 Å². The number of hydrogen-bond acceptors (Lipinski definition) is 5. The zero-order chi connectivity index (χ0) is 19.1. The van der Waals surface area contributed by atoms with E-state index in [2.05, 4.69) is 10.3 Å². The molecule has 2 amide bonds. The summed E-state index contributed by atoms with van der Waals surface area (Å²) in [4.78, 5) is 30.3. The van der Waals surface area contributed by atoms with Crippen molar-refractivity contribution in [2.75, 3.05) is 19.6 Å². The number of aromatic nitrogens is 1. The Hall–Kier alpha value is -2.41. The number of nitrogens with one attached hydrogen (secondary N) is 1. The molecule has 0 radical (unpaired) electrons. The molecule has 7 heteroatoms. The molecule has 3 rings (SSSR count). The van der Waals surface area contributed by atoms with Gasteiger partial charge >= 0.3 is 0 Å². The Labute approximate surface area is 163 Å². The summed E-state index contributed by atoms with van der Waals surface area (Å²) in [5, 5.41) is 5.52. The lowest BCUT2D eigenvalue weighted by Gasteiger charge is -2.15. The van der Waals surface area contributed by atoms with Crippen LogP contribution in [0.2, 0.25) is 0 Å². The largest absolute Gasteiger partial charge is 0.486 e. The van der Waals surface area contributed by atoms with Crippen LogP contribution in [0.3, 0.4) is 0 Å². The quantitative estimate of drug-likeness (QED) is 0.756. The van der Waals surface area contributed by atoms with Gasteiger partial charge in [0.05, 0.1) is 12.1 Å². The van der Waals surface area contributed by atoms with E-state index in [4.69, 9.17) is 4.74 Å². The number of rotatable bonds is 8. The Morgan fingerprint density at radius 2 is 1.96 bits per heavy atom. The smallest absolute Gasteiger partial charge is 0.226 e. The predicted octanol–water partition coefficient (Wildman–Crippen LogP) is 2.70. The van der Waals surface area contributed by atoms with Crippen LogP contribution in [0.25, 0.3) is 0 Å². The molecule has 0 unspecified atom stereocenters. The van der Waals surface area contributed by atoms with Gasteiger partial charge in [0.2, 0.25) is 11.8 Å². The van der Waals surface area contributed by atoms with Crippen molar-refractivity contribution in [3.63, 3.8) is 0 Å². The SMILES string of the molecule is Cc1ccc(OCc2nc(CC(=O)NCCC(=O)N3CCCC3)cs2)cc1. The Morgan fingerprint density at radius 1 is 1.22 bits per heavy atom. The number of hydrogen-bond donors (Lipinski definition) is 1. The number of benzene rings is 1. The fraction of sp³-hybridized carbons (Fsp3) is 0.450. The van der Waals surface area contributed by atoms with Gasteiger partial charge in [-0.25, -0.2) is 4.98 Å². The molecule has 0 spiro atoms. The van der Waals surface area contributed by atoms with Crippen LogP contribution in [0.15, 0.2) is 29.6 Å². The average molecular weight is 388 g/mol. The molecule has 6 nitrogen and oxygen atoms in total. The lowest BCUT2D eigenvalue weighted by atomic mass is 10.2. The van der Waals surface area contributed by atoms with E-state index in [1.807, 2.05) is 41.5 Å². The summed E-state index contributed by atoms with van der Waals surface area (Å²) in [6, 6.07) is 7.87. The molecule has 144 valence electrons. The van der Waals surface area contributed by atoms with Gasteiger partial charge in [0.1, 0.15) is 17.4 Å². The molecule has 0 bridgehead atoms. The molecular weight excluding hydrogens is 362 g/mol. The number of amides is 2. The van der Waals surface area contributed by atoms with E-state index < -0.39 is 0 Å². The van der Waals surface area contributed by atoms with Gasteiger partial charge < -0.3 is 15.0 Å². The molecule has 1 saturated heterocycles. The van der Waals surface area contributed by atoms with Crippen LogP contribution in [0.4, 0.5) is 0 Å². The van der Waals surface area contributed by atoms with Crippen molar-refractivity contribution in [2.24, 2.45) is 0 Å². The summed E-state index contributed by atoms with van der Waals surface area (Å²) in [5.41, 5.74) is 1.91. The highest BCUT2D eigenvalue weighted by molar-refractivity contribution is 7.09. The minimum Gasteiger partial charge on any atom is -0.486 e. The molecule has 1 N–H and O–H groups in total. The van der Waals surface area contributed by atoms with Crippen molar-refractivity contribution in [1.82, 2.24) is 15.2 Å². The van der Waals surface area contributed by atoms with Crippen molar-refractivity contribution in [2.45, 2.75) is 39.2 Å². The van der Waals surface area contributed by atoms with Gasteiger partial charge in [-0.15, -0.1) is 11.3 Å². The maximum absolute atomic E-state index is 12.0. The highest BCUT2D eigenvalue weighted by atomic mass is 32.1. The highest BCUT2D eigenvalue weighted by Gasteiger charge is 2.17. The number of carbonyl (C=O) groups excluding carboxylic acids is 2. The predicted molar refractivity (Wildman–Crippen MR) is 105 cm³/mol. The van der Waals surface area contributed by atoms with Gasteiger partial charge in [-0.05, 0) is 31.9 Å². The second-order valence-electron chi connectivity index (χ2n) is 6.70. The maximum Gasteiger partial charge on any atom is 0.226 e. The molecule has 27 heavy (non-hydrogen) atoms. The molecule has 0 atom stereocenters. The van der Waals surface area contributed by atoms with E-state index in [0.717, 1.165) is 42.4 Å². The number of thiazole rings is 1. The van der Waals surface area contributed by atoms with Crippen LogP contribution in [0.5, 0.6) is 5.75 Å². The van der Waals surface area contributed by atoms with E-state index in [1.165, 1.54) is 16.9 Å². The monoisotopic (exact) mass is 387 g/mol. The third-order valence-electron chi connectivity index (χ3n) is 4.44. The van der Waals surface area contributed by atoms with Crippen LogP contribution in [0.1, 0.15) is 35.5 Å². The summed E-state index contributed by atoms with van der Waals surface area (Å²) in [6.07, 6.45) is 2.74. The average Bonchev–Trinajstić information content (AvgIpc) is 3.33. The Balaban J connectivity index is 1.37. The number of likely N-dealkylation sites (tertiary alicyclic amines) is 1. The van der Waals surface area contributed by atoms with Gasteiger partial charge in [-0.1, -0.05) is 17.7 Å². The van der Waals surface area contributed by atoms with Gasteiger partial charge in [0.15, 0.2) is 0 Å². The first-order chi connectivity index (χ1) is 13.1. The molecule has 2 heterocycles. The molecule has 1 fully saturated rings. The van der Waals surface area contributed by atoms with Gasteiger partial charge in [-0.2, -0.15) is 0 Å². The normalized spacial score (nSPS) is 13.6. The number of aryl methyl sites for hydroxylation is 1. The summed E-state index contributed by atoms with van der Waals surface area (Å²) >= 11 is 1.48. The lowest BCUT2D eigenvalue weighted by molar-refractivity contribution is -0.130.